The molecule has 0 aromatic rings. The molecule has 0 saturated carbocycles. The molecule has 1 heterocycles. The molecule has 0 bridgehead atoms. The van der Waals surface area contributed by atoms with Crippen molar-refractivity contribution < 1.29 is 14.3 Å². The third-order valence-electron chi connectivity index (χ3n) is 4.55. The smallest absolute Gasteiger partial charge is 0.257 e. The normalized spacial score (nSPS) is 29.4. The average Bonchev–Trinajstić information content (AvgIpc) is 2.90. The lowest BCUT2D eigenvalue weighted by Gasteiger charge is -2.32. The van der Waals surface area contributed by atoms with Gasteiger partial charge in [-0.15, -0.1) is 6.58 Å². The molecule has 0 aromatic heterocycles. The van der Waals surface area contributed by atoms with Crippen molar-refractivity contribution in [2.45, 2.75) is 45.1 Å². The van der Waals surface area contributed by atoms with E-state index in [1.807, 2.05) is 17.1 Å². The van der Waals surface area contributed by atoms with Crippen LogP contribution in [0.5, 0.6) is 0 Å². The number of amides is 1. The van der Waals surface area contributed by atoms with Crippen LogP contribution in [0.3, 0.4) is 0 Å². The number of Topliss-reactive ketones (excluding diaryl/α,β-unsaturated/α-hetero) is 1. The Hall–Kier alpha value is -1.42. The maximum Gasteiger partial charge on any atom is 0.257 e. The zero-order chi connectivity index (χ0) is 15.5. The van der Waals surface area contributed by atoms with Gasteiger partial charge in [-0.2, -0.15) is 0 Å². The van der Waals surface area contributed by atoms with Gasteiger partial charge in [-0.05, 0) is 31.1 Å². The topological polar surface area (TPSA) is 46.6 Å². The van der Waals surface area contributed by atoms with Crippen LogP contribution < -0.4 is 0 Å². The van der Waals surface area contributed by atoms with Gasteiger partial charge >= 0.3 is 0 Å². The van der Waals surface area contributed by atoms with Gasteiger partial charge in [-0.1, -0.05) is 19.1 Å². The van der Waals surface area contributed by atoms with E-state index in [9.17, 15) is 9.59 Å². The molecule has 0 spiro atoms. The van der Waals surface area contributed by atoms with E-state index in [1.165, 1.54) is 0 Å². The molecule has 4 heteroatoms. The molecule has 2 rings (SSSR count). The Bertz CT molecular complexity index is 469. The van der Waals surface area contributed by atoms with E-state index in [-0.39, 0.29) is 23.1 Å². The summed E-state index contributed by atoms with van der Waals surface area (Å²) in [7, 11) is 1.65. The van der Waals surface area contributed by atoms with Crippen molar-refractivity contribution in [1.29, 1.82) is 0 Å². The van der Waals surface area contributed by atoms with Crippen LogP contribution in [0.25, 0.3) is 0 Å². The summed E-state index contributed by atoms with van der Waals surface area (Å²) in [5, 5.41) is 0. The number of nitrogens with zero attached hydrogens (tertiary/aromatic N) is 1. The first-order chi connectivity index (χ1) is 10.0. The van der Waals surface area contributed by atoms with Gasteiger partial charge in [0.1, 0.15) is 0 Å². The molecular weight excluding hydrogens is 266 g/mol. The highest BCUT2D eigenvalue weighted by Gasteiger charge is 2.37. The van der Waals surface area contributed by atoms with E-state index in [1.54, 1.807) is 7.11 Å². The monoisotopic (exact) mass is 291 g/mol. The number of ketones is 1. The maximum atomic E-state index is 12.7. The van der Waals surface area contributed by atoms with Crippen LogP contribution in [0.1, 0.15) is 39.0 Å². The van der Waals surface area contributed by atoms with Crippen LogP contribution in [0, 0.1) is 5.41 Å². The van der Waals surface area contributed by atoms with Crippen LogP contribution in [-0.4, -0.2) is 42.9 Å². The number of hydrogen-bond acceptors (Lipinski definition) is 3. The molecule has 1 fully saturated rings. The zero-order valence-corrected chi connectivity index (χ0v) is 13.1. The number of likely N-dealkylation sites (tertiary alicyclic amines) is 1. The molecule has 1 aliphatic heterocycles. The third-order valence-corrected chi connectivity index (χ3v) is 4.55. The Morgan fingerprint density at radius 3 is 3.05 bits per heavy atom. The number of rotatable bonds is 5. The summed E-state index contributed by atoms with van der Waals surface area (Å²) >= 11 is 0. The molecule has 1 aliphatic carbocycles. The second-order valence-corrected chi connectivity index (χ2v) is 6.38. The lowest BCUT2D eigenvalue weighted by molar-refractivity contribution is -0.131. The van der Waals surface area contributed by atoms with Crippen LogP contribution in [0.4, 0.5) is 0 Å². The average molecular weight is 291 g/mol. The molecule has 1 saturated heterocycles. The molecule has 1 amide bonds. The molecule has 4 nitrogen and oxygen atoms in total. The van der Waals surface area contributed by atoms with Gasteiger partial charge < -0.3 is 9.64 Å². The minimum atomic E-state index is -0.128. The second kappa shape index (κ2) is 6.56. The van der Waals surface area contributed by atoms with Gasteiger partial charge in [-0.25, -0.2) is 0 Å². The van der Waals surface area contributed by atoms with Crippen molar-refractivity contribution in [3.05, 3.63) is 24.3 Å². The Morgan fingerprint density at radius 1 is 1.62 bits per heavy atom. The van der Waals surface area contributed by atoms with Crippen molar-refractivity contribution in [3.8, 4) is 0 Å². The summed E-state index contributed by atoms with van der Waals surface area (Å²) in [4.78, 5) is 26.7. The van der Waals surface area contributed by atoms with Crippen LogP contribution in [0.15, 0.2) is 24.3 Å². The first-order valence-electron chi connectivity index (χ1n) is 7.67. The highest BCUT2D eigenvalue weighted by Crippen LogP contribution is 2.36. The van der Waals surface area contributed by atoms with Gasteiger partial charge in [-0.3, -0.25) is 9.59 Å². The third kappa shape index (κ3) is 3.43. The van der Waals surface area contributed by atoms with Crippen molar-refractivity contribution in [2.75, 3.05) is 20.3 Å². The lowest BCUT2D eigenvalue weighted by atomic mass is 9.75. The summed E-state index contributed by atoms with van der Waals surface area (Å²) in [6.07, 6.45) is 7.69. The van der Waals surface area contributed by atoms with Gasteiger partial charge in [0.15, 0.2) is 5.78 Å². The predicted octanol–water partition coefficient (Wildman–Crippen LogP) is 2.50. The number of hydrogen-bond donors (Lipinski definition) is 0. The second-order valence-electron chi connectivity index (χ2n) is 6.38. The number of carbonyl (C=O) groups is 2. The fourth-order valence-corrected chi connectivity index (χ4v) is 3.33. The first kappa shape index (κ1) is 16.0. The number of methoxy groups -OCH3 is 1. The van der Waals surface area contributed by atoms with E-state index >= 15 is 0 Å². The highest BCUT2D eigenvalue weighted by atomic mass is 16.5. The van der Waals surface area contributed by atoms with Gasteiger partial charge in [0.2, 0.25) is 0 Å². The largest absolute Gasteiger partial charge is 0.383 e. The Balaban J connectivity index is 2.21. The molecule has 116 valence electrons. The molecule has 0 radical (unpaired) electrons. The van der Waals surface area contributed by atoms with Crippen molar-refractivity contribution >= 4 is 11.7 Å². The molecule has 2 aliphatic rings. The van der Waals surface area contributed by atoms with Crippen LogP contribution >= 0.6 is 0 Å². The molecule has 0 unspecified atom stereocenters. The quantitative estimate of drug-likeness (QED) is 0.577. The molecule has 0 aromatic carbocycles. The van der Waals surface area contributed by atoms with Crippen molar-refractivity contribution in [1.82, 2.24) is 4.90 Å². The van der Waals surface area contributed by atoms with Crippen molar-refractivity contribution in [3.63, 3.8) is 0 Å². The van der Waals surface area contributed by atoms with Gasteiger partial charge in [0.05, 0.1) is 18.2 Å². The first-order valence-corrected chi connectivity index (χ1v) is 7.67. The lowest BCUT2D eigenvalue weighted by Crippen LogP contribution is -2.41. The maximum absolute atomic E-state index is 12.7. The fraction of sp³-hybridized carbons (Fsp3) is 0.647. The molecular formula is C17H25NO3. The summed E-state index contributed by atoms with van der Waals surface area (Å²) in [5.41, 5.74) is 0.241. The van der Waals surface area contributed by atoms with E-state index in [4.69, 9.17) is 4.74 Å². The van der Waals surface area contributed by atoms with Crippen LogP contribution in [0.2, 0.25) is 0 Å². The zero-order valence-electron chi connectivity index (χ0n) is 13.1. The summed E-state index contributed by atoms with van der Waals surface area (Å²) in [5.74, 6) is -0.140. The van der Waals surface area contributed by atoms with E-state index in [0.717, 1.165) is 32.2 Å². The number of allylic oxidation sites excluding steroid dienone is 2. The number of ether oxygens (including phenoxy) is 1. The molecule has 0 N–H and O–H groups in total. The van der Waals surface area contributed by atoms with E-state index < -0.39 is 0 Å². The predicted molar refractivity (Wildman–Crippen MR) is 81.9 cm³/mol. The minimum Gasteiger partial charge on any atom is -0.383 e. The summed E-state index contributed by atoms with van der Waals surface area (Å²) in [6.45, 7) is 7.12. The Kier molecular flexibility index (Phi) is 4.99. The highest BCUT2D eigenvalue weighted by molar-refractivity contribution is 6.19. The fourth-order valence-electron chi connectivity index (χ4n) is 3.33. The molecule has 2 atom stereocenters. The van der Waals surface area contributed by atoms with Gasteiger partial charge in [0.25, 0.3) is 5.91 Å². The van der Waals surface area contributed by atoms with Crippen LogP contribution in [-0.2, 0) is 14.3 Å². The van der Waals surface area contributed by atoms with E-state index in [2.05, 4.69) is 13.5 Å². The Morgan fingerprint density at radius 2 is 2.38 bits per heavy atom. The van der Waals surface area contributed by atoms with Crippen molar-refractivity contribution in [2.24, 2.45) is 5.41 Å². The van der Waals surface area contributed by atoms with Gasteiger partial charge in [0, 0.05) is 20.1 Å². The molecule has 21 heavy (non-hydrogen) atoms. The summed E-state index contributed by atoms with van der Waals surface area (Å²) in [6, 6.07) is 0.101. The van der Waals surface area contributed by atoms with E-state index in [0.29, 0.717) is 18.6 Å². The Labute approximate surface area is 126 Å². The standard InChI is InChI=1S/C17H25NO3/c1-4-8-17(2)9-7-15(19)14(11-17)16(20)18-10-5-6-13(18)12-21-3/h4,11,13H,1,5-10,12H2,2-3H3/t13-,17-/m0/s1. The summed E-state index contributed by atoms with van der Waals surface area (Å²) < 4.78 is 5.19. The number of carbonyl (C=O) groups excluding carboxylic acids is 2. The minimum absolute atomic E-state index is 0.0235. The SMILES string of the molecule is C=CC[C@]1(C)C=C(C(=O)N2CCC[C@H]2COC)C(=O)CC1.